The summed E-state index contributed by atoms with van der Waals surface area (Å²) in [7, 11) is 3.88. The van der Waals surface area contributed by atoms with Crippen molar-refractivity contribution in [1.29, 1.82) is 0 Å². The van der Waals surface area contributed by atoms with E-state index in [0.29, 0.717) is 39.4 Å². The highest BCUT2D eigenvalue weighted by molar-refractivity contribution is 6.30. The van der Waals surface area contributed by atoms with Gasteiger partial charge in [0, 0.05) is 29.1 Å². The van der Waals surface area contributed by atoms with E-state index in [-0.39, 0.29) is 23.9 Å². The highest BCUT2D eigenvalue weighted by atomic mass is 35.5. The number of carbonyl (C=O) groups is 2. The minimum atomic E-state index is -0.799. The van der Waals surface area contributed by atoms with E-state index in [4.69, 9.17) is 20.8 Å². The zero-order valence-electron chi connectivity index (χ0n) is 18.0. The molecule has 1 atom stereocenters. The number of ketones is 1. The van der Waals surface area contributed by atoms with Gasteiger partial charge >= 0.3 is 0 Å². The Morgan fingerprint density at radius 1 is 1.19 bits per heavy atom. The third-order valence-corrected chi connectivity index (χ3v) is 5.93. The SMILES string of the molecule is Cc1c(C(=O)NCCN(C)C)oc2ccc3c(c12)C(=O)CC(C)(c1ccc(Cl)cc1)O3. The summed E-state index contributed by atoms with van der Waals surface area (Å²) in [6.07, 6.45) is 0.176. The van der Waals surface area contributed by atoms with Crippen molar-refractivity contribution in [2.75, 3.05) is 27.2 Å². The molecule has 7 heteroatoms. The maximum Gasteiger partial charge on any atom is 0.287 e. The highest BCUT2D eigenvalue weighted by Crippen LogP contribution is 2.44. The van der Waals surface area contributed by atoms with Crippen LogP contribution in [0.25, 0.3) is 11.0 Å². The Bertz CT molecular complexity index is 1170. The van der Waals surface area contributed by atoms with Gasteiger partial charge in [-0.05, 0) is 57.8 Å². The first-order valence-electron chi connectivity index (χ1n) is 10.2. The van der Waals surface area contributed by atoms with Crippen LogP contribution in [0.2, 0.25) is 5.02 Å². The van der Waals surface area contributed by atoms with Crippen molar-refractivity contribution in [3.05, 3.63) is 63.9 Å². The molecule has 1 amide bonds. The topological polar surface area (TPSA) is 71.8 Å². The summed E-state index contributed by atoms with van der Waals surface area (Å²) in [6.45, 7) is 4.91. The van der Waals surface area contributed by atoms with E-state index in [0.717, 1.165) is 12.1 Å². The number of nitrogens with zero attached hydrogens (tertiary/aromatic N) is 1. The van der Waals surface area contributed by atoms with Gasteiger partial charge in [-0.2, -0.15) is 0 Å². The van der Waals surface area contributed by atoms with Crippen LogP contribution < -0.4 is 10.1 Å². The van der Waals surface area contributed by atoms with E-state index in [1.807, 2.05) is 38.1 Å². The van der Waals surface area contributed by atoms with Crippen LogP contribution in [-0.2, 0) is 5.60 Å². The largest absolute Gasteiger partial charge is 0.482 e. The molecule has 3 aromatic rings. The van der Waals surface area contributed by atoms with Gasteiger partial charge in [-0.1, -0.05) is 23.7 Å². The molecule has 6 nitrogen and oxygen atoms in total. The number of nitrogens with one attached hydrogen (secondary N) is 1. The van der Waals surface area contributed by atoms with Crippen molar-refractivity contribution >= 4 is 34.3 Å². The Hall–Kier alpha value is -2.83. The van der Waals surface area contributed by atoms with Crippen LogP contribution >= 0.6 is 11.6 Å². The summed E-state index contributed by atoms with van der Waals surface area (Å²) in [4.78, 5) is 27.9. The lowest BCUT2D eigenvalue weighted by atomic mass is 9.84. The first-order chi connectivity index (χ1) is 14.7. The maximum absolute atomic E-state index is 13.3. The number of aryl methyl sites for hydroxylation is 1. The van der Waals surface area contributed by atoms with Crippen LogP contribution in [0.4, 0.5) is 0 Å². The van der Waals surface area contributed by atoms with Crippen molar-refractivity contribution in [2.24, 2.45) is 0 Å². The number of hydrogen-bond donors (Lipinski definition) is 1. The summed E-state index contributed by atoms with van der Waals surface area (Å²) in [5.41, 5.74) is 1.69. The highest BCUT2D eigenvalue weighted by Gasteiger charge is 2.40. The number of amides is 1. The van der Waals surface area contributed by atoms with Crippen LogP contribution in [0.15, 0.2) is 40.8 Å². The molecule has 0 saturated heterocycles. The van der Waals surface area contributed by atoms with Crippen molar-refractivity contribution in [2.45, 2.75) is 25.9 Å². The first kappa shape index (κ1) is 21.4. The molecule has 0 bridgehead atoms. The molecule has 0 fully saturated rings. The molecule has 0 spiro atoms. The minimum absolute atomic E-state index is 0.0484. The van der Waals surface area contributed by atoms with Gasteiger partial charge in [0.15, 0.2) is 11.5 Å². The number of Topliss-reactive ketones (excluding diaryl/α,β-unsaturated/α-hetero) is 1. The normalized spacial score (nSPS) is 18.2. The van der Waals surface area contributed by atoms with Crippen LogP contribution in [0.1, 0.15) is 45.4 Å². The lowest BCUT2D eigenvalue weighted by Crippen LogP contribution is -2.36. The Morgan fingerprint density at radius 2 is 1.90 bits per heavy atom. The number of likely N-dealkylation sites (N-methyl/N-ethyl adjacent to an activating group) is 1. The van der Waals surface area contributed by atoms with Gasteiger partial charge in [0.05, 0.1) is 12.0 Å². The number of ether oxygens (including phenoxy) is 1. The van der Waals surface area contributed by atoms with Crippen molar-refractivity contribution in [3.63, 3.8) is 0 Å². The fraction of sp³-hybridized carbons (Fsp3) is 0.333. The molecular weight excluding hydrogens is 416 g/mol. The average Bonchev–Trinajstić information content (AvgIpc) is 3.04. The maximum atomic E-state index is 13.3. The minimum Gasteiger partial charge on any atom is -0.482 e. The van der Waals surface area contributed by atoms with Crippen molar-refractivity contribution in [3.8, 4) is 5.75 Å². The molecule has 1 N–H and O–H groups in total. The number of carbonyl (C=O) groups excluding carboxylic acids is 2. The number of hydrogen-bond acceptors (Lipinski definition) is 5. The van der Waals surface area contributed by atoms with Gasteiger partial charge in [-0.3, -0.25) is 9.59 Å². The molecule has 1 aliphatic heterocycles. The lowest BCUT2D eigenvalue weighted by Gasteiger charge is -2.35. The summed E-state index contributed by atoms with van der Waals surface area (Å²) in [5.74, 6) is 0.373. The molecule has 162 valence electrons. The molecule has 0 saturated carbocycles. The molecule has 2 aromatic carbocycles. The van der Waals surface area contributed by atoms with Gasteiger partial charge in [0.25, 0.3) is 5.91 Å². The van der Waals surface area contributed by atoms with Crippen molar-refractivity contribution in [1.82, 2.24) is 10.2 Å². The van der Waals surface area contributed by atoms with E-state index in [1.165, 1.54) is 0 Å². The fourth-order valence-corrected chi connectivity index (χ4v) is 4.14. The summed E-state index contributed by atoms with van der Waals surface area (Å²) in [5, 5.41) is 4.13. The van der Waals surface area contributed by atoms with E-state index in [1.54, 1.807) is 31.2 Å². The predicted octanol–water partition coefficient (Wildman–Crippen LogP) is 4.57. The molecule has 1 unspecified atom stereocenters. The van der Waals surface area contributed by atoms with E-state index >= 15 is 0 Å². The number of benzene rings is 2. The van der Waals surface area contributed by atoms with Gasteiger partial charge in [0.2, 0.25) is 0 Å². The lowest BCUT2D eigenvalue weighted by molar-refractivity contribution is 0.0507. The predicted molar refractivity (Wildman–Crippen MR) is 120 cm³/mol. The van der Waals surface area contributed by atoms with E-state index in [2.05, 4.69) is 5.32 Å². The Morgan fingerprint density at radius 3 is 2.58 bits per heavy atom. The summed E-state index contributed by atoms with van der Waals surface area (Å²) < 4.78 is 12.2. The first-order valence-corrected chi connectivity index (χ1v) is 10.5. The zero-order valence-corrected chi connectivity index (χ0v) is 18.8. The summed E-state index contributed by atoms with van der Waals surface area (Å²) >= 11 is 6.01. The second kappa shape index (κ2) is 8.02. The molecule has 4 rings (SSSR count). The van der Waals surface area contributed by atoms with Crippen LogP contribution in [0.5, 0.6) is 5.75 Å². The van der Waals surface area contributed by atoms with Gasteiger partial charge in [0.1, 0.15) is 16.9 Å². The summed E-state index contributed by atoms with van der Waals surface area (Å²) in [6, 6.07) is 10.8. The second-order valence-corrected chi connectivity index (χ2v) is 8.80. The quantitative estimate of drug-likeness (QED) is 0.629. The van der Waals surface area contributed by atoms with Gasteiger partial charge in [-0.15, -0.1) is 0 Å². The molecular formula is C24H25ClN2O4. The number of halogens is 1. The second-order valence-electron chi connectivity index (χ2n) is 8.37. The molecule has 2 heterocycles. The van der Waals surface area contributed by atoms with Crippen LogP contribution in [-0.4, -0.2) is 43.8 Å². The Balaban J connectivity index is 1.70. The molecule has 0 radical (unpaired) electrons. The zero-order chi connectivity index (χ0) is 22.3. The van der Waals surface area contributed by atoms with Crippen LogP contribution in [0, 0.1) is 6.92 Å². The molecule has 31 heavy (non-hydrogen) atoms. The standard InChI is InChI=1S/C24H25ClN2O4/c1-14-20-18(30-22(14)23(29)26-11-12-27(3)4)9-10-19-21(20)17(28)13-24(2,31-19)15-5-7-16(25)8-6-15/h5-10H,11-13H2,1-4H3,(H,26,29). The number of fused-ring (bicyclic) bond motifs is 3. The molecule has 1 aliphatic rings. The fourth-order valence-electron chi connectivity index (χ4n) is 4.01. The number of rotatable bonds is 5. The smallest absolute Gasteiger partial charge is 0.287 e. The van der Waals surface area contributed by atoms with Gasteiger partial charge in [-0.25, -0.2) is 0 Å². The molecule has 1 aromatic heterocycles. The van der Waals surface area contributed by atoms with E-state index in [9.17, 15) is 9.59 Å². The Labute approximate surface area is 186 Å². The van der Waals surface area contributed by atoms with E-state index < -0.39 is 5.60 Å². The Kier molecular flexibility index (Phi) is 5.54. The van der Waals surface area contributed by atoms with Gasteiger partial charge < -0.3 is 19.4 Å². The third-order valence-electron chi connectivity index (χ3n) is 5.67. The van der Waals surface area contributed by atoms with Crippen molar-refractivity contribution < 1.29 is 18.7 Å². The molecule has 0 aliphatic carbocycles. The average molecular weight is 441 g/mol. The number of furan rings is 1. The third kappa shape index (κ3) is 3.93. The van der Waals surface area contributed by atoms with Crippen LogP contribution in [0.3, 0.4) is 0 Å². The monoisotopic (exact) mass is 440 g/mol.